The number of hydrogen-bond acceptors (Lipinski definition) is 7. The van der Waals surface area contributed by atoms with Crippen LogP contribution in [-0.4, -0.2) is 54.5 Å². The Morgan fingerprint density at radius 3 is 2.55 bits per heavy atom. The third-order valence-corrected chi connectivity index (χ3v) is 7.90. The topological polar surface area (TPSA) is 101 Å². The zero-order chi connectivity index (χ0) is 29.8. The molecule has 1 aliphatic heterocycles. The van der Waals surface area contributed by atoms with Crippen molar-refractivity contribution in [3.05, 3.63) is 76.0 Å². The number of amides is 2. The van der Waals surface area contributed by atoms with Gasteiger partial charge in [0.25, 0.3) is 5.91 Å². The van der Waals surface area contributed by atoms with Crippen molar-refractivity contribution in [2.45, 2.75) is 51.6 Å². The highest BCUT2D eigenvalue weighted by molar-refractivity contribution is 6.34. The maximum atomic E-state index is 13.8. The molecule has 5 rings (SSSR count). The van der Waals surface area contributed by atoms with Gasteiger partial charge in [0.15, 0.2) is 0 Å². The number of nitrogens with one attached hydrogen (secondary N) is 1. The number of carbonyl (C=O) groups is 3. The fourth-order valence-corrected chi connectivity index (χ4v) is 5.46. The molecule has 42 heavy (non-hydrogen) atoms. The summed E-state index contributed by atoms with van der Waals surface area (Å²) in [4.78, 5) is 46.3. The van der Waals surface area contributed by atoms with E-state index < -0.39 is 12.0 Å². The summed E-state index contributed by atoms with van der Waals surface area (Å²) in [7, 11) is 0. The van der Waals surface area contributed by atoms with E-state index in [0.717, 1.165) is 17.9 Å². The molecule has 1 N–H and O–H groups in total. The van der Waals surface area contributed by atoms with Crippen LogP contribution in [-0.2, 0) is 20.7 Å². The minimum atomic E-state index is -0.750. The van der Waals surface area contributed by atoms with Crippen LogP contribution in [0, 0.1) is 0 Å². The Morgan fingerprint density at radius 2 is 1.81 bits per heavy atom. The molecule has 9 nitrogen and oxygen atoms in total. The van der Waals surface area contributed by atoms with E-state index in [2.05, 4.69) is 21.3 Å². The van der Waals surface area contributed by atoms with E-state index >= 15 is 0 Å². The molecule has 11 heteroatoms. The number of aromatic nitrogens is 1. The molecule has 1 fully saturated rings. The lowest BCUT2D eigenvalue weighted by Gasteiger charge is -2.38. The Bertz CT molecular complexity index is 1500. The highest BCUT2D eigenvalue weighted by Crippen LogP contribution is 2.41. The largest absolute Gasteiger partial charge is 0.464 e. The Hall–Kier alpha value is -3.82. The van der Waals surface area contributed by atoms with E-state index in [4.69, 9.17) is 32.7 Å². The molecule has 2 aromatic carbocycles. The fourth-order valence-electron chi connectivity index (χ4n) is 4.98. The van der Waals surface area contributed by atoms with Crippen molar-refractivity contribution < 1.29 is 23.9 Å². The van der Waals surface area contributed by atoms with Crippen LogP contribution in [0.25, 0.3) is 0 Å². The van der Waals surface area contributed by atoms with E-state index in [-0.39, 0.29) is 35.6 Å². The number of carbonyl (C=O) groups excluding carboxylic acids is 3. The summed E-state index contributed by atoms with van der Waals surface area (Å²) in [5.41, 5.74) is 2.86. The van der Waals surface area contributed by atoms with Gasteiger partial charge in [-0.15, -0.1) is 0 Å². The lowest BCUT2D eigenvalue weighted by atomic mass is 10.1. The van der Waals surface area contributed by atoms with Gasteiger partial charge in [-0.2, -0.15) is 0 Å². The van der Waals surface area contributed by atoms with Crippen LogP contribution in [0.5, 0.6) is 11.5 Å². The van der Waals surface area contributed by atoms with Crippen LogP contribution in [0.1, 0.15) is 49.0 Å². The van der Waals surface area contributed by atoms with Gasteiger partial charge >= 0.3 is 5.97 Å². The Labute approximate surface area is 254 Å². The first kappa shape index (κ1) is 29.7. The van der Waals surface area contributed by atoms with Gasteiger partial charge in [0, 0.05) is 49.0 Å². The van der Waals surface area contributed by atoms with Crippen LogP contribution in [0.4, 0.5) is 11.4 Å². The zero-order valence-electron chi connectivity index (χ0n) is 23.4. The molecule has 0 spiro atoms. The summed E-state index contributed by atoms with van der Waals surface area (Å²) in [6.07, 6.45) is 5.78. The molecule has 2 heterocycles. The van der Waals surface area contributed by atoms with Crippen molar-refractivity contribution in [1.29, 1.82) is 0 Å². The van der Waals surface area contributed by atoms with Crippen LogP contribution in [0.2, 0.25) is 10.0 Å². The van der Waals surface area contributed by atoms with Gasteiger partial charge in [-0.3, -0.25) is 14.6 Å². The molecule has 2 amide bonds. The van der Waals surface area contributed by atoms with Crippen LogP contribution < -0.4 is 19.9 Å². The lowest BCUT2D eigenvalue weighted by Crippen LogP contribution is -2.45. The SMILES string of the molecule is CCOC(=O)C(C)NC(=O)CCc1cc(Cl)c(Oc2ccncc2C(=O)N2CCN(C3CC3)c3ccccc32)cc1Cl. The molecule has 0 bridgehead atoms. The van der Waals surface area contributed by atoms with E-state index in [0.29, 0.717) is 40.9 Å². The van der Waals surface area contributed by atoms with Crippen molar-refractivity contribution in [3.8, 4) is 11.5 Å². The number of para-hydroxylation sites is 2. The van der Waals surface area contributed by atoms with Gasteiger partial charge in [0.2, 0.25) is 5.91 Å². The van der Waals surface area contributed by atoms with Gasteiger partial charge in [-0.1, -0.05) is 35.3 Å². The minimum Gasteiger partial charge on any atom is -0.464 e. The smallest absolute Gasteiger partial charge is 0.328 e. The van der Waals surface area contributed by atoms with E-state index in [1.54, 1.807) is 43.1 Å². The second kappa shape index (κ2) is 13.0. The zero-order valence-corrected chi connectivity index (χ0v) is 25.0. The quantitative estimate of drug-likeness (QED) is 0.289. The molecule has 1 saturated carbocycles. The Kier molecular flexibility index (Phi) is 9.18. The monoisotopic (exact) mass is 610 g/mol. The van der Waals surface area contributed by atoms with Crippen LogP contribution >= 0.6 is 23.2 Å². The maximum Gasteiger partial charge on any atom is 0.328 e. The number of pyridine rings is 1. The second-order valence-corrected chi connectivity index (χ2v) is 11.1. The standard InChI is InChI=1S/C31H32Cl2N4O5/c1-3-41-31(40)19(2)35-29(38)11-8-20-16-24(33)28(17-23(20)32)42-27-12-13-34-18-22(27)30(39)37-15-14-36(21-9-10-21)25-6-4-5-7-26(25)37/h4-7,12-13,16-19,21H,3,8-11,14-15H2,1-2H3,(H,35,38). The minimum absolute atomic E-state index is 0.0957. The molecule has 1 aromatic heterocycles. The highest BCUT2D eigenvalue weighted by atomic mass is 35.5. The summed E-state index contributed by atoms with van der Waals surface area (Å²) in [5.74, 6) is -0.460. The van der Waals surface area contributed by atoms with Gasteiger partial charge in [-0.05, 0) is 62.9 Å². The maximum absolute atomic E-state index is 13.8. The second-order valence-electron chi connectivity index (χ2n) is 10.3. The van der Waals surface area contributed by atoms with Crippen molar-refractivity contribution in [3.63, 3.8) is 0 Å². The predicted octanol–water partition coefficient (Wildman–Crippen LogP) is 5.81. The number of rotatable bonds is 10. The summed E-state index contributed by atoms with van der Waals surface area (Å²) in [5, 5.41) is 3.24. The number of hydrogen-bond donors (Lipinski definition) is 1. The molecule has 1 aliphatic carbocycles. The summed E-state index contributed by atoms with van der Waals surface area (Å²) >= 11 is 13.1. The van der Waals surface area contributed by atoms with Gasteiger partial charge in [0.1, 0.15) is 23.1 Å². The fraction of sp³-hybridized carbons (Fsp3) is 0.355. The normalized spacial score (nSPS) is 15.0. The summed E-state index contributed by atoms with van der Waals surface area (Å²) in [6, 6.07) is 12.6. The van der Waals surface area contributed by atoms with E-state index in [9.17, 15) is 14.4 Å². The molecular formula is C31H32Cl2N4O5. The first-order valence-electron chi connectivity index (χ1n) is 14.0. The lowest BCUT2D eigenvalue weighted by molar-refractivity contribution is -0.146. The molecular weight excluding hydrogens is 579 g/mol. The van der Waals surface area contributed by atoms with Crippen molar-refractivity contribution in [2.75, 3.05) is 29.5 Å². The number of benzene rings is 2. The molecule has 2 aliphatic rings. The van der Waals surface area contributed by atoms with E-state index in [1.165, 1.54) is 19.0 Å². The molecule has 220 valence electrons. The average molecular weight is 612 g/mol. The van der Waals surface area contributed by atoms with E-state index in [1.807, 2.05) is 18.2 Å². The average Bonchev–Trinajstić information content (AvgIpc) is 3.83. The van der Waals surface area contributed by atoms with Crippen molar-refractivity contribution in [2.24, 2.45) is 0 Å². The number of halogens is 2. The first-order valence-corrected chi connectivity index (χ1v) is 14.8. The number of anilines is 2. The molecule has 1 atom stereocenters. The molecule has 0 radical (unpaired) electrons. The van der Waals surface area contributed by atoms with Crippen LogP contribution in [0.15, 0.2) is 54.9 Å². The number of esters is 1. The summed E-state index contributed by atoms with van der Waals surface area (Å²) in [6.45, 7) is 4.81. The molecule has 3 aromatic rings. The van der Waals surface area contributed by atoms with Gasteiger partial charge < -0.3 is 24.6 Å². The third-order valence-electron chi connectivity index (χ3n) is 7.25. The Morgan fingerprint density at radius 1 is 1.05 bits per heavy atom. The predicted molar refractivity (Wildman–Crippen MR) is 162 cm³/mol. The van der Waals surface area contributed by atoms with Gasteiger partial charge in [-0.25, -0.2) is 4.79 Å². The summed E-state index contributed by atoms with van der Waals surface area (Å²) < 4.78 is 11.0. The first-order chi connectivity index (χ1) is 20.3. The third kappa shape index (κ3) is 6.63. The number of aryl methyl sites for hydroxylation is 1. The number of ether oxygens (including phenoxy) is 2. The highest BCUT2D eigenvalue weighted by Gasteiger charge is 2.36. The van der Waals surface area contributed by atoms with Crippen molar-refractivity contribution in [1.82, 2.24) is 10.3 Å². The number of nitrogens with zero attached hydrogens (tertiary/aromatic N) is 3. The van der Waals surface area contributed by atoms with Gasteiger partial charge in [0.05, 0.1) is 23.0 Å². The Balaban J connectivity index is 1.29. The number of fused-ring (bicyclic) bond motifs is 1. The van der Waals surface area contributed by atoms with Crippen LogP contribution in [0.3, 0.4) is 0 Å². The molecule has 0 saturated heterocycles. The molecule has 1 unspecified atom stereocenters. The van der Waals surface area contributed by atoms with Crippen molar-refractivity contribution >= 4 is 52.4 Å².